The van der Waals surface area contributed by atoms with Crippen LogP contribution in [0.3, 0.4) is 0 Å². The van der Waals surface area contributed by atoms with Crippen molar-refractivity contribution in [1.82, 2.24) is 10.3 Å². The van der Waals surface area contributed by atoms with Gasteiger partial charge >= 0.3 is 0 Å². The Morgan fingerprint density at radius 2 is 1.95 bits per heavy atom. The molecule has 1 aromatic carbocycles. The van der Waals surface area contributed by atoms with Crippen molar-refractivity contribution in [2.24, 2.45) is 0 Å². The lowest BCUT2D eigenvalue weighted by atomic mass is 10.1. The van der Waals surface area contributed by atoms with E-state index in [4.69, 9.17) is 0 Å². The molecule has 21 heavy (non-hydrogen) atoms. The number of pyridine rings is 1. The van der Waals surface area contributed by atoms with E-state index < -0.39 is 5.82 Å². The Bertz CT molecular complexity index is 596. The van der Waals surface area contributed by atoms with Crippen LogP contribution in [0.1, 0.15) is 35.9 Å². The van der Waals surface area contributed by atoms with Gasteiger partial charge in [-0.15, -0.1) is 0 Å². The first kappa shape index (κ1) is 15.1. The summed E-state index contributed by atoms with van der Waals surface area (Å²) in [6, 6.07) is 10.4. The minimum absolute atomic E-state index is 0.182. The van der Waals surface area contributed by atoms with Crippen molar-refractivity contribution < 1.29 is 9.18 Å². The molecule has 5 heteroatoms. The van der Waals surface area contributed by atoms with Crippen LogP contribution < -0.4 is 10.6 Å². The van der Waals surface area contributed by atoms with Crippen LogP contribution in [-0.2, 0) is 0 Å². The fourth-order valence-electron chi connectivity index (χ4n) is 1.98. The minimum Gasteiger partial charge on any atom is -0.321 e. The van der Waals surface area contributed by atoms with Crippen LogP contribution in [0, 0.1) is 5.82 Å². The van der Waals surface area contributed by atoms with Crippen molar-refractivity contribution in [2.75, 3.05) is 11.9 Å². The molecule has 110 valence electrons. The molecule has 1 amide bonds. The number of halogens is 1. The van der Waals surface area contributed by atoms with Crippen molar-refractivity contribution >= 4 is 11.6 Å². The van der Waals surface area contributed by atoms with Crippen molar-refractivity contribution in [3.63, 3.8) is 0 Å². The van der Waals surface area contributed by atoms with Crippen LogP contribution in [0.25, 0.3) is 0 Å². The van der Waals surface area contributed by atoms with Gasteiger partial charge in [-0.1, -0.05) is 19.1 Å². The van der Waals surface area contributed by atoms with Crippen LogP contribution in [0.4, 0.5) is 10.1 Å². The summed E-state index contributed by atoms with van der Waals surface area (Å²) in [6.45, 7) is 5.04. The van der Waals surface area contributed by atoms with E-state index in [1.54, 1.807) is 0 Å². The van der Waals surface area contributed by atoms with Crippen LogP contribution in [-0.4, -0.2) is 17.4 Å². The number of amides is 1. The Morgan fingerprint density at radius 3 is 2.52 bits per heavy atom. The molecule has 0 saturated heterocycles. The van der Waals surface area contributed by atoms with Crippen LogP contribution >= 0.6 is 0 Å². The largest absolute Gasteiger partial charge is 0.321 e. The molecule has 1 aromatic heterocycles. The number of anilines is 1. The van der Waals surface area contributed by atoms with Gasteiger partial charge in [0.05, 0.1) is 6.20 Å². The lowest BCUT2D eigenvalue weighted by Crippen LogP contribution is -2.18. The standard InChI is InChI=1S/C16H18FN3O/c1-3-18-11(2)12-4-7-14(8-5-12)20-16(21)15-9-6-13(17)10-19-15/h4-11,18H,3H2,1-2H3,(H,20,21). The van der Waals surface area contributed by atoms with Crippen LogP contribution in [0.5, 0.6) is 0 Å². The molecule has 2 N–H and O–H groups in total. The zero-order valence-electron chi connectivity index (χ0n) is 12.1. The average molecular weight is 287 g/mol. The number of nitrogens with zero attached hydrogens (tertiary/aromatic N) is 1. The molecule has 1 heterocycles. The Morgan fingerprint density at radius 1 is 1.24 bits per heavy atom. The molecule has 0 aliphatic rings. The monoisotopic (exact) mass is 287 g/mol. The smallest absolute Gasteiger partial charge is 0.274 e. The maximum Gasteiger partial charge on any atom is 0.274 e. The third-order valence-electron chi connectivity index (χ3n) is 3.14. The van der Waals surface area contributed by atoms with Crippen molar-refractivity contribution in [2.45, 2.75) is 19.9 Å². The number of hydrogen-bond acceptors (Lipinski definition) is 3. The predicted molar refractivity (Wildman–Crippen MR) is 80.7 cm³/mol. The molecule has 0 saturated carbocycles. The highest BCUT2D eigenvalue weighted by Crippen LogP contribution is 2.16. The Labute approximate surface area is 123 Å². The number of hydrogen-bond donors (Lipinski definition) is 2. The second-order valence-electron chi connectivity index (χ2n) is 4.72. The zero-order valence-corrected chi connectivity index (χ0v) is 12.1. The highest BCUT2D eigenvalue weighted by molar-refractivity contribution is 6.02. The molecule has 0 aliphatic heterocycles. The maximum atomic E-state index is 12.8. The second-order valence-corrected chi connectivity index (χ2v) is 4.72. The Kier molecular flexibility index (Phi) is 5.00. The molecule has 2 aromatic rings. The molecule has 0 radical (unpaired) electrons. The number of carbonyl (C=O) groups is 1. The van der Waals surface area contributed by atoms with E-state index in [2.05, 4.69) is 29.5 Å². The minimum atomic E-state index is -0.465. The quantitative estimate of drug-likeness (QED) is 0.888. The first-order chi connectivity index (χ1) is 10.1. The molecule has 1 atom stereocenters. The summed E-state index contributed by atoms with van der Waals surface area (Å²) < 4.78 is 12.8. The van der Waals surface area contributed by atoms with Gasteiger partial charge in [-0.2, -0.15) is 0 Å². The third kappa shape index (κ3) is 4.10. The van der Waals surface area contributed by atoms with Gasteiger partial charge in [-0.3, -0.25) is 4.79 Å². The average Bonchev–Trinajstić information content (AvgIpc) is 2.49. The van der Waals surface area contributed by atoms with Gasteiger partial charge in [0.1, 0.15) is 11.5 Å². The Balaban J connectivity index is 2.03. The lowest BCUT2D eigenvalue weighted by Gasteiger charge is -2.13. The fraction of sp³-hybridized carbons (Fsp3) is 0.250. The topological polar surface area (TPSA) is 54.0 Å². The second kappa shape index (κ2) is 6.95. The molecule has 0 bridgehead atoms. The van der Waals surface area contributed by atoms with Gasteiger partial charge in [-0.05, 0) is 43.3 Å². The molecule has 0 aliphatic carbocycles. The van der Waals surface area contributed by atoms with E-state index in [0.717, 1.165) is 18.3 Å². The number of aromatic nitrogens is 1. The van der Waals surface area contributed by atoms with Gasteiger partial charge in [0, 0.05) is 11.7 Å². The van der Waals surface area contributed by atoms with Crippen molar-refractivity contribution in [3.8, 4) is 0 Å². The molecule has 4 nitrogen and oxygen atoms in total. The van der Waals surface area contributed by atoms with E-state index in [1.165, 1.54) is 12.1 Å². The zero-order chi connectivity index (χ0) is 15.2. The van der Waals surface area contributed by atoms with E-state index in [-0.39, 0.29) is 17.6 Å². The van der Waals surface area contributed by atoms with Crippen LogP contribution in [0.15, 0.2) is 42.6 Å². The van der Waals surface area contributed by atoms with Gasteiger partial charge in [-0.25, -0.2) is 9.37 Å². The first-order valence-electron chi connectivity index (χ1n) is 6.86. The van der Waals surface area contributed by atoms with Crippen LogP contribution in [0.2, 0.25) is 0 Å². The number of carbonyl (C=O) groups excluding carboxylic acids is 1. The van der Waals surface area contributed by atoms with E-state index in [9.17, 15) is 9.18 Å². The SMILES string of the molecule is CCNC(C)c1ccc(NC(=O)c2ccc(F)cn2)cc1. The van der Waals surface area contributed by atoms with Gasteiger partial charge in [0.2, 0.25) is 0 Å². The normalized spacial score (nSPS) is 12.0. The molecular weight excluding hydrogens is 269 g/mol. The summed E-state index contributed by atoms with van der Waals surface area (Å²) in [5.41, 5.74) is 2.01. The summed E-state index contributed by atoms with van der Waals surface area (Å²) in [5.74, 6) is -0.823. The molecular formula is C16H18FN3O. The molecule has 1 unspecified atom stereocenters. The van der Waals surface area contributed by atoms with E-state index in [0.29, 0.717) is 5.69 Å². The predicted octanol–water partition coefficient (Wildman–Crippen LogP) is 3.14. The highest BCUT2D eigenvalue weighted by Gasteiger charge is 2.08. The number of benzene rings is 1. The Hall–Kier alpha value is -2.27. The third-order valence-corrected chi connectivity index (χ3v) is 3.14. The van der Waals surface area contributed by atoms with E-state index in [1.807, 2.05) is 24.3 Å². The summed E-state index contributed by atoms with van der Waals surface area (Å²) in [4.78, 5) is 15.7. The molecule has 2 rings (SSSR count). The van der Waals surface area contributed by atoms with Gasteiger partial charge < -0.3 is 10.6 Å². The molecule has 0 spiro atoms. The van der Waals surface area contributed by atoms with E-state index >= 15 is 0 Å². The van der Waals surface area contributed by atoms with Crippen molar-refractivity contribution in [3.05, 3.63) is 59.7 Å². The van der Waals surface area contributed by atoms with Crippen molar-refractivity contribution in [1.29, 1.82) is 0 Å². The van der Waals surface area contributed by atoms with Gasteiger partial charge in [0.15, 0.2) is 0 Å². The summed E-state index contributed by atoms with van der Waals surface area (Å²) in [7, 11) is 0. The summed E-state index contributed by atoms with van der Waals surface area (Å²) in [5, 5.41) is 6.05. The fourth-order valence-corrected chi connectivity index (χ4v) is 1.98. The molecule has 0 fully saturated rings. The maximum absolute atomic E-state index is 12.8. The highest BCUT2D eigenvalue weighted by atomic mass is 19.1. The van der Waals surface area contributed by atoms with Gasteiger partial charge in [0.25, 0.3) is 5.91 Å². The number of rotatable bonds is 5. The summed E-state index contributed by atoms with van der Waals surface area (Å²) in [6.07, 6.45) is 1.02. The first-order valence-corrected chi connectivity index (χ1v) is 6.86. The number of nitrogens with one attached hydrogen (secondary N) is 2. The summed E-state index contributed by atoms with van der Waals surface area (Å²) >= 11 is 0. The lowest BCUT2D eigenvalue weighted by molar-refractivity contribution is 0.102.